The fourth-order valence-corrected chi connectivity index (χ4v) is 4.99. The van der Waals surface area contributed by atoms with Gasteiger partial charge in [0.1, 0.15) is 0 Å². The van der Waals surface area contributed by atoms with Gasteiger partial charge in [0.25, 0.3) is 0 Å². The van der Waals surface area contributed by atoms with Crippen LogP contribution in [0.3, 0.4) is 0 Å². The summed E-state index contributed by atoms with van der Waals surface area (Å²) in [5.41, 5.74) is 1.14. The summed E-state index contributed by atoms with van der Waals surface area (Å²) in [4.78, 5) is 0. The van der Waals surface area contributed by atoms with Gasteiger partial charge in [0.15, 0.2) is 9.84 Å². The van der Waals surface area contributed by atoms with Crippen molar-refractivity contribution in [2.75, 3.05) is 11.5 Å². The Morgan fingerprint density at radius 1 is 1.47 bits per heavy atom. The van der Waals surface area contributed by atoms with Crippen molar-refractivity contribution in [3.05, 3.63) is 34.3 Å². The molecule has 1 saturated heterocycles. The summed E-state index contributed by atoms with van der Waals surface area (Å²) in [5, 5.41) is -0.0958. The second-order valence-corrected chi connectivity index (χ2v) is 8.22. The molecule has 1 aliphatic rings. The van der Waals surface area contributed by atoms with Gasteiger partial charge in [-0.1, -0.05) is 28.1 Å². The minimum absolute atomic E-state index is 0.0958. The van der Waals surface area contributed by atoms with Gasteiger partial charge < -0.3 is 0 Å². The fourth-order valence-electron chi connectivity index (χ4n) is 2.16. The molecule has 1 aliphatic heterocycles. The van der Waals surface area contributed by atoms with Crippen molar-refractivity contribution in [2.24, 2.45) is 5.92 Å². The summed E-state index contributed by atoms with van der Waals surface area (Å²) in [6.45, 7) is 0. The van der Waals surface area contributed by atoms with Crippen LogP contribution in [0.25, 0.3) is 0 Å². The van der Waals surface area contributed by atoms with E-state index in [0.29, 0.717) is 12.2 Å². The van der Waals surface area contributed by atoms with Crippen LogP contribution in [-0.4, -0.2) is 25.3 Å². The second-order valence-electron chi connectivity index (χ2n) is 4.51. The molecule has 2 unspecified atom stereocenters. The largest absolute Gasteiger partial charge is 0.229 e. The van der Waals surface area contributed by atoms with Crippen molar-refractivity contribution in [1.82, 2.24) is 0 Å². The Bertz CT molecular complexity index is 501. The molecule has 1 aromatic carbocycles. The highest BCUT2D eigenvalue weighted by atomic mass is 79.9. The maximum atomic E-state index is 11.4. The highest BCUT2D eigenvalue weighted by Crippen LogP contribution is 2.28. The second kappa shape index (κ2) is 5.29. The zero-order valence-corrected chi connectivity index (χ0v) is 12.4. The quantitative estimate of drug-likeness (QED) is 0.795. The van der Waals surface area contributed by atoms with Gasteiger partial charge in [-0.2, -0.15) is 0 Å². The Morgan fingerprint density at radius 2 is 2.24 bits per heavy atom. The van der Waals surface area contributed by atoms with E-state index in [4.69, 9.17) is 11.6 Å². The van der Waals surface area contributed by atoms with E-state index in [1.807, 2.05) is 24.3 Å². The fraction of sp³-hybridized carbons (Fsp3) is 0.500. The molecule has 94 valence electrons. The molecular formula is C12H14BrClO2S. The smallest absolute Gasteiger partial charge is 0.150 e. The molecule has 17 heavy (non-hydrogen) atoms. The van der Waals surface area contributed by atoms with Crippen LogP contribution in [0.2, 0.25) is 0 Å². The van der Waals surface area contributed by atoms with E-state index < -0.39 is 9.84 Å². The summed E-state index contributed by atoms with van der Waals surface area (Å²) in [6.07, 6.45) is 1.42. The Balaban J connectivity index is 2.00. The number of rotatable bonds is 3. The third-order valence-corrected chi connectivity index (χ3v) is 5.90. The SMILES string of the molecule is O=S1(=O)CCC(C(Cl)Cc2cccc(Br)c2)C1. The molecule has 0 saturated carbocycles. The van der Waals surface area contributed by atoms with Gasteiger partial charge >= 0.3 is 0 Å². The Hall–Kier alpha value is -0.0600. The van der Waals surface area contributed by atoms with Crippen LogP contribution in [0.5, 0.6) is 0 Å². The molecule has 0 N–H and O–H groups in total. The molecular weight excluding hydrogens is 324 g/mol. The van der Waals surface area contributed by atoms with Crippen molar-refractivity contribution < 1.29 is 8.42 Å². The standard InChI is InChI=1S/C12H14BrClO2S/c13-11-3-1-2-9(6-11)7-12(14)10-4-5-17(15,16)8-10/h1-3,6,10,12H,4-5,7-8H2. The van der Waals surface area contributed by atoms with Gasteiger partial charge in [-0.25, -0.2) is 8.42 Å². The molecule has 2 atom stereocenters. The maximum absolute atomic E-state index is 11.4. The first-order valence-electron chi connectivity index (χ1n) is 5.55. The number of benzene rings is 1. The van der Waals surface area contributed by atoms with Crippen molar-refractivity contribution in [3.63, 3.8) is 0 Å². The molecule has 2 nitrogen and oxygen atoms in total. The third kappa shape index (κ3) is 3.70. The van der Waals surface area contributed by atoms with Crippen LogP contribution in [0.4, 0.5) is 0 Å². The lowest BCUT2D eigenvalue weighted by Gasteiger charge is -2.15. The highest BCUT2D eigenvalue weighted by Gasteiger charge is 2.32. The van der Waals surface area contributed by atoms with Crippen molar-refractivity contribution in [3.8, 4) is 0 Å². The van der Waals surface area contributed by atoms with Gasteiger partial charge in [0, 0.05) is 9.85 Å². The molecule has 0 amide bonds. The van der Waals surface area contributed by atoms with Crippen molar-refractivity contribution in [2.45, 2.75) is 18.2 Å². The van der Waals surface area contributed by atoms with Crippen LogP contribution in [-0.2, 0) is 16.3 Å². The number of halogens is 2. The normalized spacial score (nSPS) is 24.7. The van der Waals surface area contributed by atoms with Crippen LogP contribution in [0.15, 0.2) is 28.7 Å². The number of hydrogen-bond acceptors (Lipinski definition) is 2. The van der Waals surface area contributed by atoms with Gasteiger partial charge in [0.2, 0.25) is 0 Å². The minimum Gasteiger partial charge on any atom is -0.229 e. The van der Waals surface area contributed by atoms with Crippen molar-refractivity contribution in [1.29, 1.82) is 0 Å². The first kappa shape index (κ1) is 13.4. The first-order valence-corrected chi connectivity index (χ1v) is 8.60. The van der Waals surface area contributed by atoms with Gasteiger partial charge in [-0.05, 0) is 36.5 Å². The minimum atomic E-state index is -2.83. The lowest BCUT2D eigenvalue weighted by atomic mass is 9.98. The summed E-state index contributed by atoms with van der Waals surface area (Å²) in [5.74, 6) is 0.634. The lowest BCUT2D eigenvalue weighted by molar-refractivity contribution is 0.550. The topological polar surface area (TPSA) is 34.1 Å². The average Bonchev–Trinajstić information content (AvgIpc) is 2.59. The van der Waals surface area contributed by atoms with E-state index in [9.17, 15) is 8.42 Å². The van der Waals surface area contributed by atoms with Crippen LogP contribution < -0.4 is 0 Å². The molecule has 1 heterocycles. The first-order chi connectivity index (χ1) is 7.96. The summed E-state index contributed by atoms with van der Waals surface area (Å²) >= 11 is 9.74. The lowest BCUT2D eigenvalue weighted by Crippen LogP contribution is -2.18. The van der Waals surface area contributed by atoms with Crippen LogP contribution in [0.1, 0.15) is 12.0 Å². The van der Waals surface area contributed by atoms with E-state index in [0.717, 1.165) is 16.5 Å². The van der Waals surface area contributed by atoms with Crippen molar-refractivity contribution >= 4 is 37.4 Å². The zero-order valence-electron chi connectivity index (χ0n) is 9.27. The average molecular weight is 338 g/mol. The zero-order chi connectivity index (χ0) is 12.5. The predicted molar refractivity (Wildman–Crippen MR) is 74.2 cm³/mol. The van der Waals surface area contributed by atoms with E-state index in [2.05, 4.69) is 15.9 Å². The molecule has 5 heteroatoms. The van der Waals surface area contributed by atoms with Gasteiger partial charge in [0.05, 0.1) is 11.5 Å². The number of alkyl halides is 1. The molecule has 0 aliphatic carbocycles. The monoisotopic (exact) mass is 336 g/mol. The predicted octanol–water partition coefficient (Wildman–Crippen LogP) is 3.03. The van der Waals surface area contributed by atoms with Crippen LogP contribution >= 0.6 is 27.5 Å². The maximum Gasteiger partial charge on any atom is 0.150 e. The summed E-state index contributed by atoms with van der Waals surface area (Å²) in [7, 11) is -2.83. The number of hydrogen-bond donors (Lipinski definition) is 0. The third-order valence-electron chi connectivity index (χ3n) is 3.10. The molecule has 0 radical (unpaired) electrons. The van der Waals surface area contributed by atoms with Gasteiger partial charge in [-0.3, -0.25) is 0 Å². The molecule has 0 bridgehead atoms. The molecule has 2 rings (SSSR count). The summed E-state index contributed by atoms with van der Waals surface area (Å²) < 4.78 is 23.8. The van der Waals surface area contributed by atoms with Crippen LogP contribution in [0, 0.1) is 5.92 Å². The Labute approximate surface area is 115 Å². The molecule has 0 spiro atoms. The number of sulfone groups is 1. The Kier molecular flexibility index (Phi) is 4.16. The summed E-state index contributed by atoms with van der Waals surface area (Å²) in [6, 6.07) is 7.98. The van der Waals surface area contributed by atoms with E-state index in [1.54, 1.807) is 0 Å². The van der Waals surface area contributed by atoms with E-state index in [-0.39, 0.29) is 17.0 Å². The molecule has 0 aromatic heterocycles. The van der Waals surface area contributed by atoms with Gasteiger partial charge in [-0.15, -0.1) is 11.6 Å². The van der Waals surface area contributed by atoms with E-state index >= 15 is 0 Å². The Morgan fingerprint density at radius 3 is 2.82 bits per heavy atom. The highest BCUT2D eigenvalue weighted by molar-refractivity contribution is 9.10. The molecule has 1 fully saturated rings. The van der Waals surface area contributed by atoms with E-state index in [1.165, 1.54) is 0 Å². The molecule has 1 aromatic rings.